The van der Waals surface area contributed by atoms with E-state index in [4.69, 9.17) is 26.8 Å². The number of carbonyl (C=O) groups is 1. The zero-order valence-corrected chi connectivity index (χ0v) is 16.1. The van der Waals surface area contributed by atoms with Gasteiger partial charge in [0.05, 0.1) is 13.2 Å². The zero-order chi connectivity index (χ0) is 17.3. The van der Waals surface area contributed by atoms with Gasteiger partial charge < -0.3 is 20.5 Å². The highest BCUT2D eigenvalue weighted by atomic mass is 35.5. The molecule has 0 bridgehead atoms. The molecule has 0 saturated heterocycles. The van der Waals surface area contributed by atoms with Crippen LogP contribution in [-0.4, -0.2) is 31.3 Å². The van der Waals surface area contributed by atoms with Crippen molar-refractivity contribution in [3.8, 4) is 5.75 Å². The molecule has 0 aliphatic heterocycles. The van der Waals surface area contributed by atoms with Crippen molar-refractivity contribution in [2.24, 2.45) is 11.1 Å². The molecule has 0 spiro atoms. The van der Waals surface area contributed by atoms with Crippen LogP contribution in [0.2, 0.25) is 5.02 Å². The Morgan fingerprint density at radius 3 is 2.67 bits per heavy atom. The number of ether oxygens (including phenoxy) is 2. The number of nitrogens with one attached hydrogen (secondary N) is 1. The van der Waals surface area contributed by atoms with Crippen molar-refractivity contribution < 1.29 is 14.3 Å². The number of amides is 1. The number of hydrogen-bond donors (Lipinski definition) is 2. The van der Waals surface area contributed by atoms with Crippen molar-refractivity contribution in [1.29, 1.82) is 0 Å². The quantitative estimate of drug-likeness (QED) is 0.800. The standard InChI is InChI=1S/C17H25ClN2O3.ClH/c1-5-23-14-9-17(19,16(14,2)3)15(21)20-10-11-8-12(18)6-7-13(11)22-4;/h6-8,14H,5,9-10,19H2,1-4H3,(H,20,21);1H. The van der Waals surface area contributed by atoms with E-state index >= 15 is 0 Å². The molecule has 136 valence electrons. The molecule has 0 heterocycles. The summed E-state index contributed by atoms with van der Waals surface area (Å²) in [6.07, 6.45) is 0.524. The van der Waals surface area contributed by atoms with Gasteiger partial charge in [-0.2, -0.15) is 0 Å². The highest BCUT2D eigenvalue weighted by Crippen LogP contribution is 2.49. The van der Waals surface area contributed by atoms with Crippen LogP contribution in [0, 0.1) is 5.41 Å². The summed E-state index contributed by atoms with van der Waals surface area (Å²) >= 11 is 6.01. The van der Waals surface area contributed by atoms with Crippen molar-refractivity contribution in [3.05, 3.63) is 28.8 Å². The molecule has 2 rings (SSSR count). The van der Waals surface area contributed by atoms with Gasteiger partial charge in [-0.1, -0.05) is 25.4 Å². The maximum Gasteiger partial charge on any atom is 0.241 e. The lowest BCUT2D eigenvalue weighted by molar-refractivity contribution is -0.170. The van der Waals surface area contributed by atoms with Gasteiger partial charge in [-0.15, -0.1) is 12.4 Å². The lowest BCUT2D eigenvalue weighted by Gasteiger charge is -2.57. The van der Waals surface area contributed by atoms with E-state index in [0.717, 1.165) is 5.56 Å². The second-order valence-electron chi connectivity index (χ2n) is 6.48. The van der Waals surface area contributed by atoms with Crippen molar-refractivity contribution in [3.63, 3.8) is 0 Å². The van der Waals surface area contributed by atoms with Crippen LogP contribution in [0.25, 0.3) is 0 Å². The highest BCUT2D eigenvalue weighted by molar-refractivity contribution is 6.30. The number of rotatable bonds is 6. The summed E-state index contributed by atoms with van der Waals surface area (Å²) in [5, 5.41) is 3.50. The van der Waals surface area contributed by atoms with Gasteiger partial charge >= 0.3 is 0 Å². The molecule has 1 aromatic rings. The van der Waals surface area contributed by atoms with E-state index in [-0.39, 0.29) is 24.4 Å². The first-order valence-electron chi connectivity index (χ1n) is 7.77. The van der Waals surface area contributed by atoms with Crippen LogP contribution >= 0.6 is 24.0 Å². The predicted molar refractivity (Wildman–Crippen MR) is 97.8 cm³/mol. The highest BCUT2D eigenvalue weighted by Gasteiger charge is 2.62. The van der Waals surface area contributed by atoms with Crippen LogP contribution in [0.4, 0.5) is 0 Å². The number of methoxy groups -OCH3 is 1. The molecular weight excluding hydrogens is 351 g/mol. The third kappa shape index (κ3) is 3.64. The van der Waals surface area contributed by atoms with Gasteiger partial charge in [0, 0.05) is 35.6 Å². The summed E-state index contributed by atoms with van der Waals surface area (Å²) in [7, 11) is 1.58. The molecule has 1 aromatic carbocycles. The molecule has 24 heavy (non-hydrogen) atoms. The number of carbonyl (C=O) groups excluding carboxylic acids is 1. The Morgan fingerprint density at radius 1 is 1.46 bits per heavy atom. The molecule has 1 fully saturated rings. The molecule has 1 saturated carbocycles. The first-order valence-corrected chi connectivity index (χ1v) is 8.15. The summed E-state index contributed by atoms with van der Waals surface area (Å²) in [6, 6.07) is 5.30. The lowest BCUT2D eigenvalue weighted by Crippen LogP contribution is -2.75. The van der Waals surface area contributed by atoms with Crippen molar-refractivity contribution in [2.75, 3.05) is 13.7 Å². The number of hydrogen-bond acceptors (Lipinski definition) is 4. The van der Waals surface area contributed by atoms with Crippen molar-refractivity contribution >= 4 is 29.9 Å². The summed E-state index contributed by atoms with van der Waals surface area (Å²) in [6.45, 7) is 6.81. The Bertz CT molecular complexity index is 595. The lowest BCUT2D eigenvalue weighted by atomic mass is 9.54. The van der Waals surface area contributed by atoms with E-state index in [9.17, 15) is 4.79 Å². The summed E-state index contributed by atoms with van der Waals surface area (Å²) in [5.41, 5.74) is 5.83. The fourth-order valence-corrected chi connectivity index (χ4v) is 3.23. The normalized spacial score (nSPS) is 24.5. The largest absolute Gasteiger partial charge is 0.496 e. The molecular formula is C17H26Cl2N2O3. The minimum atomic E-state index is -0.932. The Kier molecular flexibility index (Phi) is 6.94. The molecule has 0 aromatic heterocycles. The molecule has 2 atom stereocenters. The average molecular weight is 377 g/mol. The smallest absolute Gasteiger partial charge is 0.241 e. The van der Waals surface area contributed by atoms with Gasteiger partial charge in [-0.3, -0.25) is 4.79 Å². The van der Waals surface area contributed by atoms with Crippen LogP contribution in [0.1, 0.15) is 32.8 Å². The second kappa shape index (κ2) is 7.91. The van der Waals surface area contributed by atoms with Crippen LogP contribution in [0.15, 0.2) is 18.2 Å². The van der Waals surface area contributed by atoms with E-state index in [2.05, 4.69) is 5.32 Å². The fourth-order valence-electron chi connectivity index (χ4n) is 3.04. The fraction of sp³-hybridized carbons (Fsp3) is 0.588. The molecule has 1 aliphatic carbocycles. The monoisotopic (exact) mass is 376 g/mol. The topological polar surface area (TPSA) is 73.6 Å². The number of benzene rings is 1. The Labute approximate surface area is 154 Å². The van der Waals surface area contributed by atoms with E-state index in [1.54, 1.807) is 25.3 Å². The van der Waals surface area contributed by atoms with Gasteiger partial charge in [0.2, 0.25) is 5.91 Å². The maximum absolute atomic E-state index is 12.6. The van der Waals surface area contributed by atoms with E-state index in [1.807, 2.05) is 20.8 Å². The van der Waals surface area contributed by atoms with Crippen LogP contribution in [0.5, 0.6) is 5.75 Å². The second-order valence-corrected chi connectivity index (χ2v) is 6.92. The van der Waals surface area contributed by atoms with Gasteiger partial charge in [0.15, 0.2) is 0 Å². The summed E-state index contributed by atoms with van der Waals surface area (Å²) < 4.78 is 10.9. The average Bonchev–Trinajstić information content (AvgIpc) is 2.52. The molecule has 3 N–H and O–H groups in total. The van der Waals surface area contributed by atoms with Crippen molar-refractivity contribution in [1.82, 2.24) is 5.32 Å². The molecule has 2 unspecified atom stereocenters. The first kappa shape index (κ1) is 21.0. The third-order valence-corrected chi connectivity index (χ3v) is 5.15. The maximum atomic E-state index is 12.6. The first-order chi connectivity index (χ1) is 10.8. The molecule has 7 heteroatoms. The van der Waals surface area contributed by atoms with Crippen molar-refractivity contribution in [2.45, 2.75) is 45.4 Å². The van der Waals surface area contributed by atoms with Gasteiger partial charge in [0.25, 0.3) is 0 Å². The molecule has 1 amide bonds. The summed E-state index contributed by atoms with van der Waals surface area (Å²) in [4.78, 5) is 12.6. The van der Waals surface area contributed by atoms with Crippen LogP contribution < -0.4 is 15.8 Å². The molecule has 1 aliphatic rings. The summed E-state index contributed by atoms with van der Waals surface area (Å²) in [5.74, 6) is 0.501. The Morgan fingerprint density at radius 2 is 2.12 bits per heavy atom. The van der Waals surface area contributed by atoms with Gasteiger partial charge in [-0.25, -0.2) is 0 Å². The third-order valence-electron chi connectivity index (χ3n) is 4.92. The van der Waals surface area contributed by atoms with E-state index in [0.29, 0.717) is 30.3 Å². The minimum absolute atomic E-state index is 0. The van der Waals surface area contributed by atoms with Gasteiger partial charge in [0.1, 0.15) is 11.3 Å². The number of halogens is 2. The predicted octanol–water partition coefficient (Wildman–Crippen LogP) is 2.92. The van der Waals surface area contributed by atoms with E-state index in [1.165, 1.54) is 0 Å². The molecule has 5 nitrogen and oxygen atoms in total. The zero-order valence-electron chi connectivity index (χ0n) is 14.5. The Balaban J connectivity index is 0.00000288. The van der Waals surface area contributed by atoms with E-state index < -0.39 is 11.0 Å². The Hall–Kier alpha value is -1.01. The minimum Gasteiger partial charge on any atom is -0.496 e. The van der Waals surface area contributed by atoms with Crippen LogP contribution in [-0.2, 0) is 16.1 Å². The molecule has 0 radical (unpaired) electrons. The SMILES string of the molecule is CCOC1CC(N)(C(=O)NCc2cc(Cl)ccc2OC)C1(C)C.Cl. The van der Waals surface area contributed by atoms with Crippen LogP contribution in [0.3, 0.4) is 0 Å². The number of nitrogens with two attached hydrogens (primary N) is 1. The van der Waals surface area contributed by atoms with Gasteiger partial charge in [-0.05, 0) is 25.1 Å².